The van der Waals surface area contributed by atoms with E-state index < -0.39 is 0 Å². The van der Waals surface area contributed by atoms with Crippen molar-refractivity contribution in [3.8, 4) is 0 Å². The Kier molecular flexibility index (Phi) is 5.40. The molecule has 0 saturated carbocycles. The predicted octanol–water partition coefficient (Wildman–Crippen LogP) is 3.20. The molecule has 0 unspecified atom stereocenters. The Morgan fingerprint density at radius 1 is 1.19 bits per heavy atom. The Morgan fingerprint density at radius 3 is 2.54 bits per heavy atom. The van der Waals surface area contributed by atoms with Crippen molar-refractivity contribution < 1.29 is 18.4 Å². The van der Waals surface area contributed by atoms with Crippen molar-refractivity contribution in [2.75, 3.05) is 13.1 Å². The molecule has 0 spiro atoms. The number of nitrogens with zero attached hydrogens (tertiary/aromatic N) is 1. The molecule has 6 heteroatoms. The number of likely N-dealkylation sites (tertiary alicyclic amines) is 1. The molecule has 2 aromatic rings. The van der Waals surface area contributed by atoms with Crippen LogP contribution in [0, 0.1) is 25.6 Å². The zero-order valence-corrected chi connectivity index (χ0v) is 15.0. The van der Waals surface area contributed by atoms with Crippen LogP contribution in [0.15, 0.2) is 34.7 Å². The van der Waals surface area contributed by atoms with Gasteiger partial charge < -0.3 is 14.6 Å². The Balaban J connectivity index is 1.48. The molecule has 26 heavy (non-hydrogen) atoms. The number of carbonyl (C=O) groups is 2. The number of carbonyl (C=O) groups excluding carboxylic acids is 2. The smallest absolute Gasteiger partial charge is 0.289 e. The lowest BCUT2D eigenvalue weighted by molar-refractivity contribution is -0.126. The van der Waals surface area contributed by atoms with Crippen LogP contribution >= 0.6 is 0 Å². The van der Waals surface area contributed by atoms with Crippen molar-refractivity contribution >= 4 is 11.8 Å². The summed E-state index contributed by atoms with van der Waals surface area (Å²) in [7, 11) is 0. The van der Waals surface area contributed by atoms with Crippen LogP contribution in [-0.2, 0) is 11.3 Å². The first-order valence-electron chi connectivity index (χ1n) is 8.82. The van der Waals surface area contributed by atoms with Gasteiger partial charge in [-0.1, -0.05) is 12.1 Å². The summed E-state index contributed by atoms with van der Waals surface area (Å²) in [6.07, 6.45) is 1.22. The molecular weight excluding hydrogens is 335 g/mol. The van der Waals surface area contributed by atoms with Crippen molar-refractivity contribution in [1.82, 2.24) is 10.2 Å². The molecule has 1 N–H and O–H groups in total. The van der Waals surface area contributed by atoms with Gasteiger partial charge in [-0.25, -0.2) is 4.39 Å². The predicted molar refractivity (Wildman–Crippen MR) is 95.1 cm³/mol. The van der Waals surface area contributed by atoms with E-state index in [9.17, 15) is 14.0 Å². The van der Waals surface area contributed by atoms with Gasteiger partial charge in [-0.2, -0.15) is 0 Å². The van der Waals surface area contributed by atoms with Gasteiger partial charge in [0.05, 0.1) is 0 Å². The number of aryl methyl sites for hydroxylation is 2. The van der Waals surface area contributed by atoms with Gasteiger partial charge in [-0.3, -0.25) is 9.59 Å². The fraction of sp³-hybridized carbons (Fsp3) is 0.400. The van der Waals surface area contributed by atoms with Crippen molar-refractivity contribution in [3.05, 3.63) is 58.8 Å². The quantitative estimate of drug-likeness (QED) is 0.913. The molecule has 3 rings (SSSR count). The van der Waals surface area contributed by atoms with E-state index in [0.717, 1.165) is 5.56 Å². The lowest BCUT2D eigenvalue weighted by Crippen LogP contribution is -2.42. The van der Waals surface area contributed by atoms with E-state index >= 15 is 0 Å². The summed E-state index contributed by atoms with van der Waals surface area (Å²) in [5.41, 5.74) is 1.33. The normalized spacial score (nSPS) is 15.1. The van der Waals surface area contributed by atoms with Crippen molar-refractivity contribution in [3.63, 3.8) is 0 Å². The van der Waals surface area contributed by atoms with E-state index in [4.69, 9.17) is 4.42 Å². The molecule has 2 amide bonds. The Bertz CT molecular complexity index is 807. The number of piperidine rings is 1. The van der Waals surface area contributed by atoms with Gasteiger partial charge in [0.2, 0.25) is 5.91 Å². The fourth-order valence-electron chi connectivity index (χ4n) is 3.13. The summed E-state index contributed by atoms with van der Waals surface area (Å²) in [6, 6.07) is 8.41. The second kappa shape index (κ2) is 7.72. The maximum Gasteiger partial charge on any atom is 0.289 e. The van der Waals surface area contributed by atoms with Crippen LogP contribution in [0.2, 0.25) is 0 Å². The van der Waals surface area contributed by atoms with Crippen LogP contribution in [-0.4, -0.2) is 29.8 Å². The number of hydrogen-bond donors (Lipinski definition) is 1. The zero-order valence-electron chi connectivity index (χ0n) is 15.0. The van der Waals surface area contributed by atoms with Crippen molar-refractivity contribution in [2.24, 2.45) is 5.92 Å². The second-order valence-corrected chi connectivity index (χ2v) is 6.78. The van der Waals surface area contributed by atoms with Gasteiger partial charge in [0, 0.05) is 25.6 Å². The largest absolute Gasteiger partial charge is 0.456 e. The molecule has 1 aromatic heterocycles. The maximum absolute atomic E-state index is 13.6. The maximum atomic E-state index is 13.6. The van der Waals surface area contributed by atoms with Crippen LogP contribution in [0.5, 0.6) is 0 Å². The van der Waals surface area contributed by atoms with Crippen LogP contribution in [0.3, 0.4) is 0 Å². The molecule has 5 nitrogen and oxygen atoms in total. The zero-order chi connectivity index (χ0) is 18.7. The molecule has 0 radical (unpaired) electrons. The van der Waals surface area contributed by atoms with Crippen LogP contribution < -0.4 is 5.32 Å². The summed E-state index contributed by atoms with van der Waals surface area (Å²) < 4.78 is 18.9. The number of hydrogen-bond acceptors (Lipinski definition) is 3. The van der Waals surface area contributed by atoms with Gasteiger partial charge >= 0.3 is 0 Å². The third-order valence-corrected chi connectivity index (χ3v) is 4.81. The molecule has 1 saturated heterocycles. The average Bonchev–Trinajstić information content (AvgIpc) is 3.08. The highest BCUT2D eigenvalue weighted by atomic mass is 19.1. The Hall–Kier alpha value is -2.63. The highest BCUT2D eigenvalue weighted by molar-refractivity contribution is 5.91. The number of rotatable bonds is 4. The number of amides is 2. The molecule has 0 atom stereocenters. The minimum atomic E-state index is -0.267. The molecule has 0 bridgehead atoms. The first-order chi connectivity index (χ1) is 12.4. The van der Waals surface area contributed by atoms with Crippen molar-refractivity contribution in [2.45, 2.75) is 33.2 Å². The molecular formula is C20H23FN2O3. The first kappa shape index (κ1) is 18.2. The summed E-state index contributed by atoms with van der Waals surface area (Å²) in [5.74, 6) is 0.463. The topological polar surface area (TPSA) is 62.6 Å². The average molecular weight is 358 g/mol. The first-order valence-corrected chi connectivity index (χ1v) is 8.82. The lowest BCUT2D eigenvalue weighted by atomic mass is 9.95. The summed E-state index contributed by atoms with van der Waals surface area (Å²) in [4.78, 5) is 26.4. The van der Waals surface area contributed by atoms with E-state index in [1.54, 1.807) is 36.9 Å². The molecule has 1 aliphatic heterocycles. The summed E-state index contributed by atoms with van der Waals surface area (Å²) in [6.45, 7) is 4.86. The van der Waals surface area contributed by atoms with Crippen molar-refractivity contribution in [1.29, 1.82) is 0 Å². The highest BCUT2D eigenvalue weighted by Crippen LogP contribution is 2.20. The summed E-state index contributed by atoms with van der Waals surface area (Å²) in [5, 5.41) is 2.87. The second-order valence-electron chi connectivity index (χ2n) is 6.78. The third kappa shape index (κ3) is 4.12. The molecule has 1 aliphatic rings. The molecule has 1 aromatic carbocycles. The van der Waals surface area contributed by atoms with E-state index in [0.29, 0.717) is 49.6 Å². The van der Waals surface area contributed by atoms with Gasteiger partial charge in [-0.15, -0.1) is 0 Å². The van der Waals surface area contributed by atoms with Gasteiger partial charge in [0.15, 0.2) is 5.76 Å². The van der Waals surface area contributed by atoms with Crippen LogP contribution in [0.1, 0.15) is 40.3 Å². The SMILES string of the molecule is Cc1ccc(C(=O)N2CCC(C(=O)NCc3ccc(C)c(F)c3)CC2)o1. The standard InChI is InChI=1S/C20H23FN2O3/c1-13-3-5-15(11-17(13)21)12-22-19(24)16-7-9-23(10-8-16)20(25)18-6-4-14(2)26-18/h3-6,11,16H,7-10,12H2,1-2H3,(H,22,24). The Morgan fingerprint density at radius 2 is 1.92 bits per heavy atom. The van der Waals surface area contributed by atoms with Gasteiger partial charge in [-0.05, 0) is 56.0 Å². The minimum Gasteiger partial charge on any atom is -0.456 e. The number of furan rings is 1. The molecule has 0 aliphatic carbocycles. The van der Waals surface area contributed by atoms with E-state index in [-0.39, 0.29) is 23.5 Å². The van der Waals surface area contributed by atoms with Gasteiger partial charge in [0.1, 0.15) is 11.6 Å². The minimum absolute atomic E-state index is 0.0491. The van der Waals surface area contributed by atoms with E-state index in [2.05, 4.69) is 5.32 Å². The number of halogens is 1. The molecule has 2 heterocycles. The van der Waals surface area contributed by atoms with Gasteiger partial charge in [0.25, 0.3) is 5.91 Å². The summed E-state index contributed by atoms with van der Waals surface area (Å²) >= 11 is 0. The van der Waals surface area contributed by atoms with E-state index in [1.165, 1.54) is 6.07 Å². The van der Waals surface area contributed by atoms with Crippen LogP contribution in [0.25, 0.3) is 0 Å². The fourth-order valence-corrected chi connectivity index (χ4v) is 3.13. The number of benzene rings is 1. The monoisotopic (exact) mass is 358 g/mol. The van der Waals surface area contributed by atoms with Crippen LogP contribution in [0.4, 0.5) is 4.39 Å². The molecule has 138 valence electrons. The third-order valence-electron chi connectivity index (χ3n) is 4.81. The molecule has 1 fully saturated rings. The lowest BCUT2D eigenvalue weighted by Gasteiger charge is -2.30. The Labute approximate surface area is 152 Å². The van der Waals surface area contributed by atoms with E-state index in [1.807, 2.05) is 6.07 Å². The number of nitrogens with one attached hydrogen (secondary N) is 1. The highest BCUT2D eigenvalue weighted by Gasteiger charge is 2.28.